The van der Waals surface area contributed by atoms with Gasteiger partial charge >= 0.3 is 0 Å². The Hall–Kier alpha value is -2.61. The highest BCUT2D eigenvalue weighted by molar-refractivity contribution is 7.22. The topological polar surface area (TPSA) is 88.8 Å². The Balaban J connectivity index is 1.61. The largest absolute Gasteiger partial charge is 0.393 e. The molecule has 0 fully saturated rings. The van der Waals surface area contributed by atoms with E-state index in [9.17, 15) is 0 Å². The van der Waals surface area contributed by atoms with Crippen molar-refractivity contribution < 1.29 is 0 Å². The Morgan fingerprint density at radius 1 is 0.963 bits per heavy atom. The number of thiazole rings is 1. The van der Waals surface area contributed by atoms with Gasteiger partial charge in [0.2, 0.25) is 0 Å². The zero-order chi connectivity index (χ0) is 19.0. The lowest BCUT2D eigenvalue weighted by Crippen LogP contribution is -2.05. The van der Waals surface area contributed by atoms with Crippen LogP contribution in [0.15, 0.2) is 42.7 Å². The first-order valence-corrected chi connectivity index (χ1v) is 9.53. The van der Waals surface area contributed by atoms with Gasteiger partial charge in [-0.1, -0.05) is 40.6 Å². The van der Waals surface area contributed by atoms with Crippen molar-refractivity contribution in [2.75, 3.05) is 16.4 Å². The van der Waals surface area contributed by atoms with Crippen LogP contribution in [0.25, 0.3) is 10.2 Å². The summed E-state index contributed by atoms with van der Waals surface area (Å²) in [5.74, 6) is 0.936. The van der Waals surface area contributed by atoms with Gasteiger partial charge in [0.1, 0.15) is 12.0 Å². The number of aromatic nitrogens is 3. The summed E-state index contributed by atoms with van der Waals surface area (Å²) >= 11 is 13.5. The maximum atomic E-state index is 6.23. The van der Waals surface area contributed by atoms with E-state index in [1.807, 2.05) is 12.1 Å². The summed E-state index contributed by atoms with van der Waals surface area (Å²) in [5.41, 5.74) is 9.44. The number of benzene rings is 2. The summed E-state index contributed by atoms with van der Waals surface area (Å²) in [4.78, 5) is 13.0. The van der Waals surface area contributed by atoms with E-state index in [4.69, 9.17) is 28.9 Å². The first-order chi connectivity index (χ1) is 13.0. The van der Waals surface area contributed by atoms with Crippen LogP contribution in [0.1, 0.15) is 5.56 Å². The molecule has 0 saturated heterocycles. The van der Waals surface area contributed by atoms with Gasteiger partial charge in [-0.3, -0.25) is 0 Å². The Morgan fingerprint density at radius 2 is 1.74 bits per heavy atom. The Bertz CT molecular complexity index is 1140. The van der Waals surface area contributed by atoms with Crippen LogP contribution >= 0.6 is 34.5 Å². The first kappa shape index (κ1) is 17.8. The van der Waals surface area contributed by atoms with Crippen LogP contribution in [0.3, 0.4) is 0 Å². The molecule has 136 valence electrons. The van der Waals surface area contributed by atoms with E-state index >= 15 is 0 Å². The normalized spacial score (nSPS) is 10.9. The van der Waals surface area contributed by atoms with Crippen LogP contribution in [-0.4, -0.2) is 15.0 Å². The molecule has 4 aromatic rings. The van der Waals surface area contributed by atoms with Crippen molar-refractivity contribution in [3.63, 3.8) is 0 Å². The number of anilines is 5. The second-order valence-corrected chi connectivity index (χ2v) is 7.70. The van der Waals surface area contributed by atoms with Gasteiger partial charge in [0.15, 0.2) is 16.8 Å². The summed E-state index contributed by atoms with van der Waals surface area (Å²) in [5, 5.41) is 7.93. The fraction of sp³-hybridized carbons (Fsp3) is 0.0556. The van der Waals surface area contributed by atoms with Crippen molar-refractivity contribution in [3.8, 4) is 0 Å². The van der Waals surface area contributed by atoms with E-state index in [-0.39, 0.29) is 0 Å². The second-order valence-electron chi connectivity index (χ2n) is 5.85. The fourth-order valence-electron chi connectivity index (χ4n) is 2.49. The number of halogens is 2. The molecule has 0 amide bonds. The molecule has 0 saturated carbocycles. The number of nitrogen functional groups attached to an aromatic ring is 1. The van der Waals surface area contributed by atoms with Crippen LogP contribution in [0.4, 0.5) is 28.1 Å². The predicted octanol–water partition coefficient (Wildman–Crippen LogP) is 5.77. The van der Waals surface area contributed by atoms with Gasteiger partial charge in [0.05, 0.1) is 20.3 Å². The fourth-order valence-corrected chi connectivity index (χ4v) is 3.75. The quantitative estimate of drug-likeness (QED) is 0.391. The molecule has 0 aliphatic rings. The molecular weight excluding hydrogens is 403 g/mol. The summed E-state index contributed by atoms with van der Waals surface area (Å²) in [6, 6.07) is 11.3. The molecule has 2 heterocycles. The van der Waals surface area contributed by atoms with E-state index in [1.54, 1.807) is 18.2 Å². The molecule has 0 atom stereocenters. The lowest BCUT2D eigenvalue weighted by Gasteiger charge is -2.11. The molecule has 0 aliphatic heterocycles. The number of nitrogens with two attached hydrogens (primary N) is 1. The first-order valence-electron chi connectivity index (χ1n) is 7.96. The van der Waals surface area contributed by atoms with Crippen molar-refractivity contribution >= 4 is 72.9 Å². The summed E-state index contributed by atoms with van der Waals surface area (Å²) in [7, 11) is 0. The molecule has 9 heteroatoms. The van der Waals surface area contributed by atoms with Gasteiger partial charge in [0, 0.05) is 5.69 Å². The highest BCUT2D eigenvalue weighted by Crippen LogP contribution is 2.33. The molecule has 6 nitrogen and oxygen atoms in total. The zero-order valence-electron chi connectivity index (χ0n) is 14.1. The summed E-state index contributed by atoms with van der Waals surface area (Å²) in [6.45, 7) is 2.05. The van der Waals surface area contributed by atoms with Gasteiger partial charge in [-0.05, 0) is 42.8 Å². The van der Waals surface area contributed by atoms with Gasteiger partial charge < -0.3 is 16.4 Å². The van der Waals surface area contributed by atoms with Gasteiger partial charge in [0.25, 0.3) is 0 Å². The van der Waals surface area contributed by atoms with E-state index in [0.29, 0.717) is 32.5 Å². The maximum absolute atomic E-state index is 6.23. The number of hydrogen-bond donors (Lipinski definition) is 3. The van der Waals surface area contributed by atoms with Gasteiger partial charge in [-0.2, -0.15) is 0 Å². The monoisotopic (exact) mass is 416 g/mol. The average Bonchev–Trinajstić information content (AvgIpc) is 3.03. The van der Waals surface area contributed by atoms with E-state index in [1.165, 1.54) is 23.2 Å². The van der Waals surface area contributed by atoms with Crippen LogP contribution < -0.4 is 16.4 Å². The number of fused-ring (bicyclic) bond motifs is 1. The molecule has 4 rings (SSSR count). The molecule has 27 heavy (non-hydrogen) atoms. The standard InChI is InChI=1S/C18H14Cl2N6S/c1-9-2-5-13-14(6-9)27-18(25-13)26-17-15(21)16(22-8-23-17)24-10-3-4-11(19)12(20)7-10/h2-8H,21H2,1H3,(H2,22,23,24,25,26). The Labute approximate surface area is 169 Å². The van der Waals surface area contributed by atoms with E-state index < -0.39 is 0 Å². The van der Waals surface area contributed by atoms with Crippen molar-refractivity contribution in [2.24, 2.45) is 0 Å². The minimum absolute atomic E-state index is 0.374. The van der Waals surface area contributed by atoms with E-state index in [0.717, 1.165) is 15.9 Å². The lowest BCUT2D eigenvalue weighted by atomic mass is 10.2. The number of nitrogens with one attached hydrogen (secondary N) is 2. The van der Waals surface area contributed by atoms with Crippen LogP contribution in [0.5, 0.6) is 0 Å². The molecule has 2 aromatic carbocycles. The second kappa shape index (κ2) is 7.19. The number of aryl methyl sites for hydroxylation is 1. The summed E-state index contributed by atoms with van der Waals surface area (Å²) in [6.07, 6.45) is 1.43. The zero-order valence-corrected chi connectivity index (χ0v) is 16.5. The molecule has 2 aromatic heterocycles. The molecular formula is C18H14Cl2N6S. The predicted molar refractivity (Wildman–Crippen MR) is 114 cm³/mol. The number of hydrogen-bond acceptors (Lipinski definition) is 7. The SMILES string of the molecule is Cc1ccc2nc(Nc3ncnc(Nc4ccc(Cl)c(Cl)c4)c3N)sc2c1. The minimum atomic E-state index is 0.374. The van der Waals surface area contributed by atoms with Gasteiger partial charge in [-0.15, -0.1) is 0 Å². The summed E-state index contributed by atoms with van der Waals surface area (Å²) < 4.78 is 1.10. The lowest BCUT2D eigenvalue weighted by molar-refractivity contribution is 1.17. The highest BCUT2D eigenvalue weighted by atomic mass is 35.5. The van der Waals surface area contributed by atoms with Crippen LogP contribution in [0, 0.1) is 6.92 Å². The third-order valence-electron chi connectivity index (χ3n) is 3.84. The van der Waals surface area contributed by atoms with Gasteiger partial charge in [-0.25, -0.2) is 15.0 Å². The van der Waals surface area contributed by atoms with Crippen molar-refractivity contribution in [3.05, 3.63) is 58.3 Å². The third-order valence-corrected chi connectivity index (χ3v) is 5.51. The molecule has 0 bridgehead atoms. The number of nitrogens with zero attached hydrogens (tertiary/aromatic N) is 3. The van der Waals surface area contributed by atoms with Crippen molar-refractivity contribution in [2.45, 2.75) is 6.92 Å². The minimum Gasteiger partial charge on any atom is -0.393 e. The molecule has 0 radical (unpaired) electrons. The molecule has 0 aliphatic carbocycles. The molecule has 0 spiro atoms. The molecule has 0 unspecified atom stereocenters. The van der Waals surface area contributed by atoms with Crippen LogP contribution in [0.2, 0.25) is 10.0 Å². The third kappa shape index (κ3) is 3.75. The van der Waals surface area contributed by atoms with Crippen LogP contribution in [-0.2, 0) is 0 Å². The average molecular weight is 417 g/mol. The molecule has 4 N–H and O–H groups in total. The van der Waals surface area contributed by atoms with E-state index in [2.05, 4.69) is 38.6 Å². The smallest absolute Gasteiger partial charge is 0.189 e. The van der Waals surface area contributed by atoms with Crippen molar-refractivity contribution in [1.82, 2.24) is 15.0 Å². The maximum Gasteiger partial charge on any atom is 0.189 e. The number of rotatable bonds is 4. The highest BCUT2D eigenvalue weighted by Gasteiger charge is 2.12. The Kier molecular flexibility index (Phi) is 4.73. The van der Waals surface area contributed by atoms with Crippen molar-refractivity contribution in [1.29, 1.82) is 0 Å². The Morgan fingerprint density at radius 3 is 2.52 bits per heavy atom.